The lowest BCUT2D eigenvalue weighted by Gasteiger charge is -2.23. The summed E-state index contributed by atoms with van der Waals surface area (Å²) in [6.45, 7) is 1.03. The van der Waals surface area contributed by atoms with E-state index in [0.29, 0.717) is 40.2 Å². The highest BCUT2D eigenvalue weighted by atomic mass is 35.5. The molecule has 0 saturated carbocycles. The smallest absolute Gasteiger partial charge is 0.312 e. The number of ether oxygens (including phenoxy) is 1. The number of halogens is 3. The summed E-state index contributed by atoms with van der Waals surface area (Å²) in [5.41, 5.74) is 1.72. The van der Waals surface area contributed by atoms with Gasteiger partial charge in [0, 0.05) is 23.2 Å². The van der Waals surface area contributed by atoms with Crippen LogP contribution >= 0.6 is 23.2 Å². The summed E-state index contributed by atoms with van der Waals surface area (Å²) in [6, 6.07) is 5.21. The van der Waals surface area contributed by atoms with E-state index < -0.39 is 6.08 Å². The zero-order valence-corrected chi connectivity index (χ0v) is 15.3. The van der Waals surface area contributed by atoms with Gasteiger partial charge in [0.2, 0.25) is 0 Å². The molecule has 136 valence electrons. The zero-order valence-electron chi connectivity index (χ0n) is 13.8. The maximum Gasteiger partial charge on any atom is 0.312 e. The standard InChI is InChI=1S/C17H16Cl2FN5O/c18-11-5-4-10(12(19)7-11)8-21-15-14-16(24-17(20)23-15)25(9-22-14)13-3-1-2-6-26-13/h4-5,7,9,13H,1-3,6,8H2,(H,21,23,24). The van der Waals surface area contributed by atoms with Crippen molar-refractivity contribution in [2.75, 3.05) is 11.9 Å². The van der Waals surface area contributed by atoms with Crippen LogP contribution in [0.3, 0.4) is 0 Å². The molecule has 3 heterocycles. The molecule has 1 aromatic carbocycles. The molecule has 1 fully saturated rings. The maximum absolute atomic E-state index is 14.0. The Hall–Kier alpha value is -1.96. The van der Waals surface area contributed by atoms with Gasteiger partial charge in [-0.15, -0.1) is 0 Å². The number of anilines is 1. The number of imidazole rings is 1. The Labute approximate surface area is 159 Å². The number of aromatic nitrogens is 4. The first-order valence-corrected chi connectivity index (χ1v) is 9.07. The van der Waals surface area contributed by atoms with Crippen LogP contribution in [-0.2, 0) is 11.3 Å². The normalized spacial score (nSPS) is 17.6. The van der Waals surface area contributed by atoms with Crippen molar-refractivity contribution in [2.45, 2.75) is 32.0 Å². The van der Waals surface area contributed by atoms with Crippen molar-refractivity contribution >= 4 is 40.2 Å². The Bertz CT molecular complexity index is 942. The molecule has 2 aromatic heterocycles. The molecule has 9 heteroatoms. The Morgan fingerprint density at radius 1 is 1.27 bits per heavy atom. The van der Waals surface area contributed by atoms with Crippen molar-refractivity contribution in [1.82, 2.24) is 19.5 Å². The molecule has 0 bridgehead atoms. The van der Waals surface area contributed by atoms with Crippen LogP contribution in [0.4, 0.5) is 10.2 Å². The van der Waals surface area contributed by atoms with Crippen LogP contribution < -0.4 is 5.32 Å². The van der Waals surface area contributed by atoms with Crippen molar-refractivity contribution in [3.8, 4) is 0 Å². The van der Waals surface area contributed by atoms with Gasteiger partial charge in [0.15, 0.2) is 17.0 Å². The van der Waals surface area contributed by atoms with Gasteiger partial charge in [0.05, 0.1) is 6.33 Å². The van der Waals surface area contributed by atoms with E-state index in [0.717, 1.165) is 24.8 Å². The summed E-state index contributed by atoms with van der Waals surface area (Å²) in [6.07, 6.45) is 3.55. The molecule has 0 aliphatic carbocycles. The van der Waals surface area contributed by atoms with Gasteiger partial charge in [-0.05, 0) is 37.0 Å². The summed E-state index contributed by atoms with van der Waals surface area (Å²) in [4.78, 5) is 12.1. The van der Waals surface area contributed by atoms with E-state index in [-0.39, 0.29) is 6.23 Å². The highest BCUT2D eigenvalue weighted by Gasteiger charge is 2.21. The van der Waals surface area contributed by atoms with Gasteiger partial charge in [-0.2, -0.15) is 14.4 Å². The minimum absolute atomic E-state index is 0.179. The van der Waals surface area contributed by atoms with Crippen LogP contribution in [0.5, 0.6) is 0 Å². The average Bonchev–Trinajstić information content (AvgIpc) is 3.05. The predicted molar refractivity (Wildman–Crippen MR) is 97.9 cm³/mol. The molecule has 0 amide bonds. The molecule has 3 aromatic rings. The van der Waals surface area contributed by atoms with Crippen LogP contribution in [0.25, 0.3) is 11.2 Å². The lowest BCUT2D eigenvalue weighted by atomic mass is 10.2. The van der Waals surface area contributed by atoms with E-state index >= 15 is 0 Å². The molecule has 1 N–H and O–H groups in total. The Morgan fingerprint density at radius 2 is 2.15 bits per heavy atom. The topological polar surface area (TPSA) is 64.9 Å². The van der Waals surface area contributed by atoms with E-state index in [9.17, 15) is 4.39 Å². The molecule has 6 nitrogen and oxygen atoms in total. The molecular formula is C17H16Cl2FN5O. The molecule has 4 rings (SSSR count). The van der Waals surface area contributed by atoms with Gasteiger partial charge >= 0.3 is 6.08 Å². The first-order valence-electron chi connectivity index (χ1n) is 8.31. The van der Waals surface area contributed by atoms with Gasteiger partial charge in [-0.1, -0.05) is 29.3 Å². The number of nitrogens with one attached hydrogen (secondary N) is 1. The maximum atomic E-state index is 14.0. The van der Waals surface area contributed by atoms with Gasteiger partial charge in [-0.3, -0.25) is 4.57 Å². The van der Waals surface area contributed by atoms with Gasteiger partial charge < -0.3 is 10.1 Å². The SMILES string of the molecule is Fc1nc(NCc2ccc(Cl)cc2Cl)c2ncn(C3CCCCO3)c2n1. The first kappa shape index (κ1) is 17.5. The van der Waals surface area contributed by atoms with Crippen LogP contribution in [-0.4, -0.2) is 26.1 Å². The number of hydrogen-bond donors (Lipinski definition) is 1. The van der Waals surface area contributed by atoms with Crippen molar-refractivity contribution in [1.29, 1.82) is 0 Å². The van der Waals surface area contributed by atoms with Crippen LogP contribution in [0.1, 0.15) is 31.1 Å². The molecule has 1 aliphatic rings. The minimum Gasteiger partial charge on any atom is -0.364 e. The average molecular weight is 396 g/mol. The lowest BCUT2D eigenvalue weighted by molar-refractivity contribution is -0.0298. The number of benzene rings is 1. The number of nitrogens with zero attached hydrogens (tertiary/aromatic N) is 4. The zero-order chi connectivity index (χ0) is 18.1. The second-order valence-corrected chi connectivity index (χ2v) is 6.92. The summed E-state index contributed by atoms with van der Waals surface area (Å²) >= 11 is 12.1. The largest absolute Gasteiger partial charge is 0.364 e. The fourth-order valence-electron chi connectivity index (χ4n) is 3.01. The third-order valence-corrected chi connectivity index (χ3v) is 4.91. The Kier molecular flexibility index (Phi) is 4.93. The second-order valence-electron chi connectivity index (χ2n) is 6.08. The fraction of sp³-hybridized carbons (Fsp3) is 0.353. The van der Waals surface area contributed by atoms with Crippen LogP contribution in [0.2, 0.25) is 10.0 Å². The third-order valence-electron chi connectivity index (χ3n) is 4.32. The van der Waals surface area contributed by atoms with Crippen LogP contribution in [0, 0.1) is 6.08 Å². The lowest BCUT2D eigenvalue weighted by Crippen LogP contribution is -2.18. The highest BCUT2D eigenvalue weighted by molar-refractivity contribution is 6.35. The summed E-state index contributed by atoms with van der Waals surface area (Å²) < 4.78 is 21.5. The Morgan fingerprint density at radius 3 is 2.92 bits per heavy atom. The highest BCUT2D eigenvalue weighted by Crippen LogP contribution is 2.28. The second kappa shape index (κ2) is 7.34. The van der Waals surface area contributed by atoms with Crippen LogP contribution in [0.15, 0.2) is 24.5 Å². The summed E-state index contributed by atoms with van der Waals surface area (Å²) in [7, 11) is 0. The Balaban J connectivity index is 1.63. The molecule has 1 atom stereocenters. The van der Waals surface area contributed by atoms with Crippen molar-refractivity contribution in [3.05, 3.63) is 46.2 Å². The van der Waals surface area contributed by atoms with E-state index in [4.69, 9.17) is 27.9 Å². The van der Waals surface area contributed by atoms with Gasteiger partial charge in [0.1, 0.15) is 6.23 Å². The predicted octanol–water partition coefficient (Wildman–Crippen LogP) is 4.58. The van der Waals surface area contributed by atoms with Crippen molar-refractivity contribution < 1.29 is 9.13 Å². The monoisotopic (exact) mass is 395 g/mol. The molecular weight excluding hydrogens is 380 g/mol. The van der Waals surface area contributed by atoms with E-state index in [1.807, 2.05) is 0 Å². The van der Waals surface area contributed by atoms with Crippen molar-refractivity contribution in [3.63, 3.8) is 0 Å². The third kappa shape index (κ3) is 3.47. The first-order chi connectivity index (χ1) is 12.6. The molecule has 26 heavy (non-hydrogen) atoms. The van der Waals surface area contributed by atoms with Gasteiger partial charge in [0.25, 0.3) is 0 Å². The molecule has 1 aliphatic heterocycles. The fourth-order valence-corrected chi connectivity index (χ4v) is 3.49. The summed E-state index contributed by atoms with van der Waals surface area (Å²) in [5, 5.41) is 4.17. The molecule has 0 radical (unpaired) electrons. The number of fused-ring (bicyclic) bond motifs is 1. The molecule has 1 unspecified atom stereocenters. The summed E-state index contributed by atoms with van der Waals surface area (Å²) in [5.74, 6) is 0.313. The van der Waals surface area contributed by atoms with Crippen molar-refractivity contribution in [2.24, 2.45) is 0 Å². The van der Waals surface area contributed by atoms with E-state index in [1.54, 1.807) is 29.1 Å². The van der Waals surface area contributed by atoms with Gasteiger partial charge in [-0.25, -0.2) is 4.98 Å². The number of rotatable bonds is 4. The molecule has 0 spiro atoms. The number of hydrogen-bond acceptors (Lipinski definition) is 5. The molecule has 1 saturated heterocycles. The minimum atomic E-state index is -0.820. The van der Waals surface area contributed by atoms with E-state index in [1.165, 1.54) is 0 Å². The van der Waals surface area contributed by atoms with E-state index in [2.05, 4.69) is 20.3 Å². The quantitative estimate of drug-likeness (QED) is 0.654.